The van der Waals surface area contributed by atoms with Crippen LogP contribution in [0.15, 0.2) is 34.9 Å². The van der Waals surface area contributed by atoms with Crippen molar-refractivity contribution in [1.82, 2.24) is 10.1 Å². The van der Waals surface area contributed by atoms with Crippen molar-refractivity contribution < 1.29 is 18.8 Å². The Labute approximate surface area is 116 Å². The molecule has 0 aliphatic rings. The molecule has 0 unspecified atom stereocenters. The third kappa shape index (κ3) is 4.81. The number of carbonyl (C=O) groups excluding carboxylic acids is 1. The number of hydrogen-bond donors (Lipinski definition) is 0. The molecule has 106 valence electrons. The molecule has 6 heteroatoms. The highest BCUT2D eigenvalue weighted by molar-refractivity contribution is 5.69. The Kier molecular flexibility index (Phi) is 5.25. The zero-order valence-corrected chi connectivity index (χ0v) is 11.2. The predicted molar refractivity (Wildman–Crippen MR) is 69.5 cm³/mol. The Hall–Kier alpha value is -2.21. The van der Waals surface area contributed by atoms with Gasteiger partial charge >= 0.3 is 5.97 Å². The molecule has 2 rings (SSSR count). The van der Waals surface area contributed by atoms with Crippen LogP contribution in [0.5, 0.6) is 0 Å². The number of nitrogens with zero attached hydrogens (tertiary/aromatic N) is 2. The topological polar surface area (TPSA) is 74.5 Å². The molecule has 1 heterocycles. The maximum atomic E-state index is 11.4. The number of benzene rings is 1. The van der Waals surface area contributed by atoms with Crippen LogP contribution in [-0.2, 0) is 27.5 Å². The lowest BCUT2D eigenvalue weighted by Gasteiger charge is -2.04. The Balaban J connectivity index is 1.58. The minimum Gasteiger partial charge on any atom is -0.455 e. The first-order valence-electron chi connectivity index (χ1n) is 6.30. The summed E-state index contributed by atoms with van der Waals surface area (Å²) in [6, 6.07) is 9.77. The van der Waals surface area contributed by atoms with E-state index in [0.29, 0.717) is 24.9 Å². The number of hydrogen-bond acceptors (Lipinski definition) is 6. The lowest BCUT2D eigenvalue weighted by molar-refractivity contribution is -0.147. The van der Waals surface area contributed by atoms with Crippen LogP contribution in [0.25, 0.3) is 0 Å². The highest BCUT2D eigenvalue weighted by Crippen LogP contribution is 2.02. The summed E-state index contributed by atoms with van der Waals surface area (Å²) >= 11 is 0. The second-order valence-corrected chi connectivity index (χ2v) is 4.18. The highest BCUT2D eigenvalue weighted by atomic mass is 16.6. The maximum Gasteiger partial charge on any atom is 0.308 e. The lowest BCUT2D eigenvalue weighted by Crippen LogP contribution is -2.08. The molecule has 2 aromatic rings. The molecule has 0 atom stereocenters. The summed E-state index contributed by atoms with van der Waals surface area (Å²) in [4.78, 5) is 15.4. The van der Waals surface area contributed by atoms with Gasteiger partial charge < -0.3 is 14.0 Å². The molecule has 0 aliphatic heterocycles. The average Bonchev–Trinajstić information content (AvgIpc) is 2.88. The Bertz CT molecular complexity index is 539. The van der Waals surface area contributed by atoms with E-state index in [2.05, 4.69) is 10.1 Å². The van der Waals surface area contributed by atoms with Crippen LogP contribution in [-0.4, -0.2) is 22.7 Å². The van der Waals surface area contributed by atoms with Crippen molar-refractivity contribution in [2.75, 3.05) is 6.61 Å². The fourth-order valence-electron chi connectivity index (χ4n) is 1.53. The van der Waals surface area contributed by atoms with Crippen molar-refractivity contribution in [3.63, 3.8) is 0 Å². The number of aromatic nitrogens is 2. The summed E-state index contributed by atoms with van der Waals surface area (Å²) in [5, 5.41) is 3.60. The molecule has 0 bridgehead atoms. The van der Waals surface area contributed by atoms with E-state index in [-0.39, 0.29) is 19.0 Å². The third-order valence-electron chi connectivity index (χ3n) is 2.49. The van der Waals surface area contributed by atoms with E-state index in [1.165, 1.54) is 0 Å². The fourth-order valence-corrected chi connectivity index (χ4v) is 1.53. The summed E-state index contributed by atoms with van der Waals surface area (Å²) in [6.45, 7) is 2.50. The van der Waals surface area contributed by atoms with E-state index in [0.717, 1.165) is 5.56 Å². The largest absolute Gasteiger partial charge is 0.455 e. The highest BCUT2D eigenvalue weighted by Gasteiger charge is 2.07. The number of ether oxygens (including phenoxy) is 2. The maximum absolute atomic E-state index is 11.4. The van der Waals surface area contributed by atoms with Gasteiger partial charge in [-0.05, 0) is 12.5 Å². The van der Waals surface area contributed by atoms with Gasteiger partial charge in [-0.3, -0.25) is 4.79 Å². The van der Waals surface area contributed by atoms with Crippen molar-refractivity contribution in [3.05, 3.63) is 47.6 Å². The smallest absolute Gasteiger partial charge is 0.308 e. The molecule has 1 aromatic carbocycles. The molecule has 0 amide bonds. The Morgan fingerprint density at radius 1 is 1.25 bits per heavy atom. The summed E-state index contributed by atoms with van der Waals surface area (Å²) in [7, 11) is 0. The Morgan fingerprint density at radius 2 is 2.05 bits per heavy atom. The molecule has 0 spiro atoms. The van der Waals surface area contributed by atoms with Crippen LogP contribution in [0.3, 0.4) is 0 Å². The number of aryl methyl sites for hydroxylation is 1. The summed E-state index contributed by atoms with van der Waals surface area (Å²) in [5.74, 6) is 0.456. The van der Waals surface area contributed by atoms with Crippen LogP contribution in [0.4, 0.5) is 0 Å². The van der Waals surface area contributed by atoms with Gasteiger partial charge in [0.25, 0.3) is 5.89 Å². The summed E-state index contributed by atoms with van der Waals surface area (Å²) in [6.07, 6.45) is 0.194. The molecule has 0 radical (unpaired) electrons. The number of rotatable bonds is 7. The molecule has 6 nitrogen and oxygen atoms in total. The first-order valence-corrected chi connectivity index (χ1v) is 6.30. The first-order chi connectivity index (χ1) is 9.74. The molecular formula is C14H16N2O4. The van der Waals surface area contributed by atoms with Crippen molar-refractivity contribution in [3.8, 4) is 0 Å². The van der Waals surface area contributed by atoms with Crippen LogP contribution < -0.4 is 0 Å². The van der Waals surface area contributed by atoms with Crippen LogP contribution >= 0.6 is 0 Å². The Morgan fingerprint density at radius 3 is 2.75 bits per heavy atom. The standard InChI is InChI=1S/C14H16N2O4/c1-11-15-13(20-16-11)10-19-14(17)7-8-18-9-12-5-3-2-4-6-12/h2-6H,7-10H2,1H3. The van der Waals surface area contributed by atoms with Crippen molar-refractivity contribution in [1.29, 1.82) is 0 Å². The SMILES string of the molecule is Cc1noc(COC(=O)CCOCc2ccccc2)n1. The third-order valence-corrected chi connectivity index (χ3v) is 2.49. The van der Waals surface area contributed by atoms with Crippen LogP contribution in [0.2, 0.25) is 0 Å². The molecule has 0 saturated carbocycles. The molecule has 0 saturated heterocycles. The predicted octanol–water partition coefficient (Wildman–Crippen LogP) is 2.03. The molecule has 0 aliphatic carbocycles. The van der Waals surface area contributed by atoms with Gasteiger partial charge in [-0.2, -0.15) is 4.98 Å². The van der Waals surface area contributed by atoms with E-state index < -0.39 is 0 Å². The van der Waals surface area contributed by atoms with E-state index in [4.69, 9.17) is 14.0 Å². The van der Waals surface area contributed by atoms with Gasteiger partial charge in [0.1, 0.15) is 0 Å². The van der Waals surface area contributed by atoms with Gasteiger partial charge in [0, 0.05) is 0 Å². The van der Waals surface area contributed by atoms with Gasteiger partial charge in [-0.25, -0.2) is 0 Å². The first kappa shape index (κ1) is 14.2. The second kappa shape index (κ2) is 7.40. The molecule has 0 fully saturated rings. The summed E-state index contributed by atoms with van der Waals surface area (Å²) < 4.78 is 15.2. The van der Waals surface area contributed by atoms with Gasteiger partial charge in [0.2, 0.25) is 0 Å². The monoisotopic (exact) mass is 276 g/mol. The van der Waals surface area contributed by atoms with Gasteiger partial charge in [-0.1, -0.05) is 35.5 Å². The van der Waals surface area contributed by atoms with Crippen LogP contribution in [0.1, 0.15) is 23.7 Å². The quantitative estimate of drug-likeness (QED) is 0.569. The zero-order valence-electron chi connectivity index (χ0n) is 11.2. The second-order valence-electron chi connectivity index (χ2n) is 4.18. The zero-order chi connectivity index (χ0) is 14.2. The minimum absolute atomic E-state index is 0.00163. The number of esters is 1. The number of carbonyl (C=O) groups is 1. The lowest BCUT2D eigenvalue weighted by atomic mass is 10.2. The molecular weight excluding hydrogens is 260 g/mol. The van der Waals surface area contributed by atoms with Gasteiger partial charge in [-0.15, -0.1) is 0 Å². The normalized spacial score (nSPS) is 10.4. The van der Waals surface area contributed by atoms with E-state index in [9.17, 15) is 4.79 Å². The molecule has 20 heavy (non-hydrogen) atoms. The van der Waals surface area contributed by atoms with Gasteiger partial charge in [0.05, 0.1) is 19.6 Å². The van der Waals surface area contributed by atoms with E-state index in [1.807, 2.05) is 30.3 Å². The van der Waals surface area contributed by atoms with E-state index >= 15 is 0 Å². The molecule has 0 N–H and O–H groups in total. The van der Waals surface area contributed by atoms with Crippen molar-refractivity contribution in [2.45, 2.75) is 26.6 Å². The van der Waals surface area contributed by atoms with Crippen molar-refractivity contribution >= 4 is 5.97 Å². The minimum atomic E-state index is -0.353. The van der Waals surface area contributed by atoms with Crippen molar-refractivity contribution in [2.24, 2.45) is 0 Å². The fraction of sp³-hybridized carbons (Fsp3) is 0.357. The van der Waals surface area contributed by atoms with Crippen LogP contribution in [0, 0.1) is 6.92 Å². The van der Waals surface area contributed by atoms with E-state index in [1.54, 1.807) is 6.92 Å². The molecule has 1 aromatic heterocycles. The average molecular weight is 276 g/mol. The summed E-state index contributed by atoms with van der Waals surface area (Å²) in [5.41, 5.74) is 1.07. The van der Waals surface area contributed by atoms with Gasteiger partial charge in [0.15, 0.2) is 12.4 Å².